The summed E-state index contributed by atoms with van der Waals surface area (Å²) in [4.78, 5) is 37.1. The highest BCUT2D eigenvalue weighted by molar-refractivity contribution is 9.10. The summed E-state index contributed by atoms with van der Waals surface area (Å²) in [6.07, 6.45) is 3.45. The Bertz CT molecular complexity index is 1170. The van der Waals surface area contributed by atoms with E-state index >= 15 is 0 Å². The summed E-state index contributed by atoms with van der Waals surface area (Å²) in [6, 6.07) is 17.2. The first-order chi connectivity index (χ1) is 14.4. The topological polar surface area (TPSA) is 85.5 Å². The van der Waals surface area contributed by atoms with E-state index in [0.717, 1.165) is 21.8 Å². The molecular formula is C21H14BrN3O4S. The Morgan fingerprint density at radius 2 is 1.73 bits per heavy atom. The smallest absolute Gasteiger partial charge is 0.293 e. The quantitative estimate of drug-likeness (QED) is 0.276. The van der Waals surface area contributed by atoms with Crippen LogP contribution in [0.1, 0.15) is 11.3 Å². The third-order valence-electron chi connectivity index (χ3n) is 4.53. The van der Waals surface area contributed by atoms with Crippen LogP contribution in [0.15, 0.2) is 76.2 Å². The van der Waals surface area contributed by atoms with E-state index < -0.39 is 4.92 Å². The van der Waals surface area contributed by atoms with Crippen LogP contribution in [0.25, 0.3) is 11.8 Å². The Morgan fingerprint density at radius 1 is 1.03 bits per heavy atom. The molecule has 1 aromatic heterocycles. The number of aromatic nitrogens is 1. The van der Waals surface area contributed by atoms with Gasteiger partial charge >= 0.3 is 0 Å². The van der Waals surface area contributed by atoms with Crippen molar-refractivity contribution in [2.24, 2.45) is 0 Å². The number of rotatable bonds is 5. The fourth-order valence-electron chi connectivity index (χ4n) is 3.02. The second-order valence-corrected chi connectivity index (χ2v) is 8.38. The molecule has 7 nitrogen and oxygen atoms in total. The number of non-ortho nitro benzene ring substituents is 1. The lowest BCUT2D eigenvalue weighted by Crippen LogP contribution is -2.27. The van der Waals surface area contributed by atoms with E-state index in [2.05, 4.69) is 15.9 Å². The van der Waals surface area contributed by atoms with Gasteiger partial charge in [0.1, 0.15) is 0 Å². The molecule has 150 valence electrons. The normalized spacial score (nSPS) is 15.2. The maximum absolute atomic E-state index is 12.8. The molecule has 0 saturated carbocycles. The number of hydrogen-bond acceptors (Lipinski definition) is 5. The molecule has 4 rings (SSSR count). The second-order valence-electron chi connectivity index (χ2n) is 6.47. The summed E-state index contributed by atoms with van der Waals surface area (Å²) in [5.74, 6) is -0.343. The van der Waals surface area contributed by atoms with Crippen LogP contribution in [-0.2, 0) is 11.3 Å². The van der Waals surface area contributed by atoms with Crippen molar-refractivity contribution in [1.82, 2.24) is 9.47 Å². The number of nitro groups is 1. The van der Waals surface area contributed by atoms with Gasteiger partial charge in [0.25, 0.3) is 16.8 Å². The van der Waals surface area contributed by atoms with E-state index in [9.17, 15) is 19.7 Å². The van der Waals surface area contributed by atoms with Gasteiger partial charge in [0.05, 0.1) is 16.4 Å². The number of carbonyl (C=O) groups excluding carboxylic acids is 2. The molecule has 30 heavy (non-hydrogen) atoms. The predicted molar refractivity (Wildman–Crippen MR) is 118 cm³/mol. The van der Waals surface area contributed by atoms with E-state index in [1.807, 2.05) is 30.3 Å². The monoisotopic (exact) mass is 483 g/mol. The number of imide groups is 1. The molecule has 1 saturated heterocycles. The summed E-state index contributed by atoms with van der Waals surface area (Å²) < 4.78 is 2.72. The molecule has 1 fully saturated rings. The van der Waals surface area contributed by atoms with Crippen molar-refractivity contribution in [2.75, 3.05) is 0 Å². The highest BCUT2D eigenvalue weighted by atomic mass is 79.9. The molecule has 0 atom stereocenters. The predicted octanol–water partition coefficient (Wildman–Crippen LogP) is 5.38. The SMILES string of the molecule is O=C1S/C(=C\c2cccn2-c2ccc([N+](=O)[O-])cc2)C(=O)N1Cc1ccc(Br)cc1. The molecule has 0 N–H and O–H groups in total. The van der Waals surface area contributed by atoms with Gasteiger partial charge in [0.2, 0.25) is 0 Å². The van der Waals surface area contributed by atoms with Crippen LogP contribution in [0.4, 0.5) is 10.5 Å². The third-order valence-corrected chi connectivity index (χ3v) is 5.96. The van der Waals surface area contributed by atoms with Crippen LogP contribution >= 0.6 is 27.7 Å². The van der Waals surface area contributed by atoms with Gasteiger partial charge in [-0.1, -0.05) is 28.1 Å². The van der Waals surface area contributed by atoms with Crippen molar-refractivity contribution < 1.29 is 14.5 Å². The molecule has 0 aliphatic carbocycles. The number of nitrogens with zero attached hydrogens (tertiary/aromatic N) is 3. The van der Waals surface area contributed by atoms with Crippen molar-refractivity contribution >= 4 is 50.6 Å². The van der Waals surface area contributed by atoms with Crippen LogP contribution in [0.3, 0.4) is 0 Å². The lowest BCUT2D eigenvalue weighted by Gasteiger charge is -2.12. The minimum absolute atomic E-state index is 0.00140. The zero-order valence-corrected chi connectivity index (χ0v) is 17.8. The Balaban J connectivity index is 1.58. The molecule has 9 heteroatoms. The van der Waals surface area contributed by atoms with Gasteiger partial charge in [-0.2, -0.15) is 0 Å². The van der Waals surface area contributed by atoms with Gasteiger partial charge in [0, 0.05) is 34.2 Å². The second kappa shape index (κ2) is 8.29. The standard InChI is InChI=1S/C21H14BrN3O4S/c22-15-5-3-14(4-6-15)13-24-20(26)19(30-21(24)27)12-18-2-1-11-23(18)16-7-9-17(10-8-16)25(28)29/h1-12H,13H2/b19-12-. The van der Waals surface area contributed by atoms with E-state index in [1.165, 1.54) is 17.0 Å². The summed E-state index contributed by atoms with van der Waals surface area (Å²) >= 11 is 4.26. The number of hydrogen-bond donors (Lipinski definition) is 0. The number of halogens is 1. The van der Waals surface area contributed by atoms with Crippen molar-refractivity contribution in [2.45, 2.75) is 6.54 Å². The first-order valence-electron chi connectivity index (χ1n) is 8.84. The number of nitro benzene ring substituents is 1. The first-order valence-corrected chi connectivity index (χ1v) is 10.5. The van der Waals surface area contributed by atoms with Gasteiger partial charge in [-0.15, -0.1) is 0 Å². The fourth-order valence-corrected chi connectivity index (χ4v) is 4.11. The van der Waals surface area contributed by atoms with E-state index in [0.29, 0.717) is 16.3 Å². The van der Waals surface area contributed by atoms with Crippen LogP contribution in [-0.4, -0.2) is 25.5 Å². The molecule has 0 radical (unpaired) electrons. The highest BCUT2D eigenvalue weighted by Crippen LogP contribution is 2.34. The molecule has 1 aliphatic heterocycles. The number of carbonyl (C=O) groups is 2. The molecule has 2 amide bonds. The third kappa shape index (κ3) is 4.07. The first kappa shape index (κ1) is 20.1. The summed E-state index contributed by atoms with van der Waals surface area (Å²) in [5, 5.41) is 10.5. The number of thioether (sulfide) groups is 1. The molecule has 0 spiro atoms. The van der Waals surface area contributed by atoms with Crippen molar-refractivity contribution in [3.05, 3.63) is 97.6 Å². The molecule has 2 heterocycles. The van der Waals surface area contributed by atoms with Crippen LogP contribution in [0.5, 0.6) is 0 Å². The largest absolute Gasteiger partial charge is 0.317 e. The maximum atomic E-state index is 12.8. The van der Waals surface area contributed by atoms with Gasteiger partial charge in [-0.05, 0) is 59.8 Å². The lowest BCUT2D eigenvalue weighted by molar-refractivity contribution is -0.384. The number of amides is 2. The van der Waals surface area contributed by atoms with E-state index in [-0.39, 0.29) is 23.4 Å². The van der Waals surface area contributed by atoms with Crippen LogP contribution in [0.2, 0.25) is 0 Å². The van der Waals surface area contributed by atoms with Crippen LogP contribution in [0, 0.1) is 10.1 Å². The fraction of sp³-hybridized carbons (Fsp3) is 0.0476. The molecule has 3 aromatic rings. The van der Waals surface area contributed by atoms with Gasteiger partial charge in [-0.25, -0.2) is 0 Å². The average molecular weight is 484 g/mol. The Labute approximate surface area is 184 Å². The summed E-state index contributed by atoms with van der Waals surface area (Å²) in [5.41, 5.74) is 2.27. The molecule has 1 aliphatic rings. The number of benzene rings is 2. The van der Waals surface area contributed by atoms with Crippen molar-refractivity contribution in [3.8, 4) is 5.69 Å². The molecular weight excluding hydrogens is 470 g/mol. The van der Waals surface area contributed by atoms with Gasteiger partial charge in [0.15, 0.2) is 0 Å². The Hall–Kier alpha value is -3.17. The average Bonchev–Trinajstić information content (AvgIpc) is 3.30. The summed E-state index contributed by atoms with van der Waals surface area (Å²) in [7, 11) is 0. The molecule has 2 aromatic carbocycles. The Morgan fingerprint density at radius 3 is 2.40 bits per heavy atom. The zero-order valence-electron chi connectivity index (χ0n) is 15.4. The van der Waals surface area contributed by atoms with E-state index in [4.69, 9.17) is 0 Å². The van der Waals surface area contributed by atoms with Crippen molar-refractivity contribution in [1.29, 1.82) is 0 Å². The zero-order chi connectivity index (χ0) is 21.3. The van der Waals surface area contributed by atoms with Crippen molar-refractivity contribution in [3.63, 3.8) is 0 Å². The minimum atomic E-state index is -0.457. The molecule has 0 bridgehead atoms. The Kier molecular flexibility index (Phi) is 5.56. The molecule has 0 unspecified atom stereocenters. The highest BCUT2D eigenvalue weighted by Gasteiger charge is 2.35. The van der Waals surface area contributed by atoms with Gasteiger partial charge in [-0.3, -0.25) is 24.6 Å². The lowest BCUT2D eigenvalue weighted by atomic mass is 10.2. The summed E-state index contributed by atoms with van der Waals surface area (Å²) in [6.45, 7) is 0.207. The maximum Gasteiger partial charge on any atom is 0.293 e. The minimum Gasteiger partial charge on any atom is -0.317 e. The van der Waals surface area contributed by atoms with E-state index in [1.54, 1.807) is 35.0 Å². The van der Waals surface area contributed by atoms with Gasteiger partial charge < -0.3 is 4.57 Å². The van der Waals surface area contributed by atoms with Crippen LogP contribution < -0.4 is 0 Å².